The van der Waals surface area contributed by atoms with E-state index >= 15 is 0 Å². The monoisotopic (exact) mass is 544 g/mol. The van der Waals surface area contributed by atoms with Gasteiger partial charge in [0, 0.05) is 61.0 Å². The lowest BCUT2D eigenvalue weighted by molar-refractivity contribution is -0.132. The zero-order valence-electron chi connectivity index (χ0n) is 22.6. The molecule has 1 heterocycles. The Hall–Kier alpha value is -3.75. The normalized spacial score (nSPS) is 10.9. The number of benzene rings is 3. The largest absolute Gasteiger partial charge is 0.385 e. The van der Waals surface area contributed by atoms with Crippen molar-refractivity contribution < 1.29 is 14.3 Å². The van der Waals surface area contributed by atoms with Crippen molar-refractivity contribution in [2.24, 2.45) is 0 Å². The average molecular weight is 545 g/mol. The highest BCUT2D eigenvalue weighted by molar-refractivity contribution is 7.98. The number of para-hydroxylation sites is 1. The Morgan fingerprint density at radius 1 is 0.923 bits per heavy atom. The van der Waals surface area contributed by atoms with Crippen LogP contribution in [0.15, 0.2) is 90.0 Å². The maximum Gasteiger partial charge on any atom is 0.322 e. The fourth-order valence-corrected chi connectivity index (χ4v) is 4.89. The molecule has 39 heavy (non-hydrogen) atoms. The number of nitrogens with one attached hydrogen (secondary N) is 2. The third kappa shape index (κ3) is 8.12. The fraction of sp³-hybridized carbons (Fsp3) is 0.290. The zero-order chi connectivity index (χ0) is 27.5. The summed E-state index contributed by atoms with van der Waals surface area (Å²) in [4.78, 5) is 34.8. The van der Waals surface area contributed by atoms with Gasteiger partial charge in [0.05, 0.1) is 0 Å². The van der Waals surface area contributed by atoms with E-state index in [1.54, 1.807) is 23.8 Å². The molecule has 204 valence electrons. The Balaban J connectivity index is 1.48. The van der Waals surface area contributed by atoms with Gasteiger partial charge in [-0.25, -0.2) is 4.79 Å². The molecule has 8 heteroatoms. The van der Waals surface area contributed by atoms with Crippen LogP contribution in [0.3, 0.4) is 0 Å². The van der Waals surface area contributed by atoms with Gasteiger partial charge in [0.25, 0.3) is 0 Å². The maximum atomic E-state index is 13.7. The van der Waals surface area contributed by atoms with Crippen molar-refractivity contribution in [2.45, 2.75) is 24.3 Å². The minimum atomic E-state index is -0.298. The highest BCUT2D eigenvalue weighted by Gasteiger charge is 2.22. The molecular formula is C31H36N4O3S. The van der Waals surface area contributed by atoms with Gasteiger partial charge in [-0.05, 0) is 60.6 Å². The minimum Gasteiger partial charge on any atom is -0.385 e. The van der Waals surface area contributed by atoms with E-state index in [1.165, 1.54) is 5.56 Å². The molecule has 0 saturated carbocycles. The molecule has 0 aliphatic carbocycles. The van der Waals surface area contributed by atoms with E-state index in [9.17, 15) is 9.59 Å². The predicted octanol–water partition coefficient (Wildman–Crippen LogP) is 6.03. The van der Waals surface area contributed by atoms with Gasteiger partial charge in [-0.15, -0.1) is 11.8 Å². The van der Waals surface area contributed by atoms with Crippen LogP contribution in [0, 0.1) is 0 Å². The Morgan fingerprint density at radius 3 is 2.41 bits per heavy atom. The van der Waals surface area contributed by atoms with Gasteiger partial charge in [-0.3, -0.25) is 4.79 Å². The van der Waals surface area contributed by atoms with Crippen LogP contribution in [0.5, 0.6) is 0 Å². The third-order valence-corrected chi connectivity index (χ3v) is 7.37. The number of methoxy groups -OCH3 is 1. The van der Waals surface area contributed by atoms with Crippen LogP contribution in [0.2, 0.25) is 0 Å². The summed E-state index contributed by atoms with van der Waals surface area (Å²) in [5.74, 6) is -0.0935. The summed E-state index contributed by atoms with van der Waals surface area (Å²) in [6.45, 7) is 1.93. The third-order valence-electron chi connectivity index (χ3n) is 6.63. The number of H-pyrrole nitrogens is 1. The molecule has 1 aromatic heterocycles. The zero-order valence-corrected chi connectivity index (χ0v) is 23.4. The molecular weight excluding hydrogens is 508 g/mol. The van der Waals surface area contributed by atoms with E-state index in [0.717, 1.165) is 21.4 Å². The van der Waals surface area contributed by atoms with Gasteiger partial charge < -0.3 is 24.8 Å². The first-order valence-electron chi connectivity index (χ1n) is 13.1. The Kier molecular flexibility index (Phi) is 10.4. The van der Waals surface area contributed by atoms with E-state index in [1.807, 2.05) is 84.1 Å². The SMILES string of the molecule is COCCCN(CC(=O)N(CCc1c[nH]c2ccccc12)Cc1ccccc1)C(=O)Nc1ccc(SC)cc1. The van der Waals surface area contributed by atoms with E-state index in [0.29, 0.717) is 44.8 Å². The van der Waals surface area contributed by atoms with Gasteiger partial charge in [0.2, 0.25) is 5.91 Å². The van der Waals surface area contributed by atoms with Gasteiger partial charge in [-0.1, -0.05) is 48.5 Å². The summed E-state index contributed by atoms with van der Waals surface area (Å²) >= 11 is 1.64. The number of anilines is 1. The van der Waals surface area contributed by atoms with Gasteiger partial charge in [-0.2, -0.15) is 0 Å². The number of ether oxygens (including phenoxy) is 1. The Bertz CT molecular complexity index is 1340. The average Bonchev–Trinajstić information content (AvgIpc) is 3.38. The molecule has 4 aromatic rings. The number of rotatable bonds is 13. The molecule has 3 aromatic carbocycles. The summed E-state index contributed by atoms with van der Waals surface area (Å²) < 4.78 is 5.20. The molecule has 2 N–H and O–H groups in total. The van der Waals surface area contributed by atoms with Crippen molar-refractivity contribution in [1.29, 1.82) is 0 Å². The van der Waals surface area contributed by atoms with E-state index in [2.05, 4.69) is 22.4 Å². The highest BCUT2D eigenvalue weighted by Crippen LogP contribution is 2.20. The molecule has 0 radical (unpaired) electrons. The topological polar surface area (TPSA) is 77.7 Å². The second-order valence-electron chi connectivity index (χ2n) is 9.34. The number of aromatic nitrogens is 1. The number of amides is 3. The number of thioether (sulfide) groups is 1. The minimum absolute atomic E-state index is 0.0147. The smallest absolute Gasteiger partial charge is 0.322 e. The number of aromatic amines is 1. The quantitative estimate of drug-likeness (QED) is 0.159. The van der Waals surface area contributed by atoms with Crippen molar-refractivity contribution in [3.63, 3.8) is 0 Å². The van der Waals surface area contributed by atoms with Gasteiger partial charge in [0.15, 0.2) is 0 Å². The summed E-state index contributed by atoms with van der Waals surface area (Å²) in [7, 11) is 1.63. The number of urea groups is 1. The van der Waals surface area contributed by atoms with Crippen LogP contribution in [0.1, 0.15) is 17.5 Å². The second-order valence-corrected chi connectivity index (χ2v) is 10.2. The molecule has 0 atom stereocenters. The molecule has 0 aliphatic heterocycles. The van der Waals surface area contributed by atoms with Crippen LogP contribution in [0.25, 0.3) is 10.9 Å². The second kappa shape index (κ2) is 14.4. The predicted molar refractivity (Wildman–Crippen MR) is 159 cm³/mol. The standard InChI is InChI=1S/C31H36N4O3S/c1-38-20-8-18-35(31(37)33-26-13-15-27(39-2)16-14-26)23-30(36)34(22-24-9-4-3-5-10-24)19-17-25-21-32-29-12-7-6-11-28(25)29/h3-7,9-16,21,32H,8,17-20,22-23H2,1-2H3,(H,33,37). The van der Waals surface area contributed by atoms with Crippen LogP contribution in [0.4, 0.5) is 10.5 Å². The lowest BCUT2D eigenvalue weighted by Gasteiger charge is -2.28. The summed E-state index contributed by atoms with van der Waals surface area (Å²) in [6.07, 6.45) is 5.37. The Morgan fingerprint density at radius 2 is 1.67 bits per heavy atom. The number of carbonyl (C=O) groups excluding carboxylic acids is 2. The number of carbonyl (C=O) groups is 2. The molecule has 0 saturated heterocycles. The molecule has 0 aliphatic rings. The number of hydrogen-bond acceptors (Lipinski definition) is 4. The van der Waals surface area contributed by atoms with Crippen molar-refractivity contribution in [1.82, 2.24) is 14.8 Å². The van der Waals surface area contributed by atoms with E-state index in [4.69, 9.17) is 4.74 Å². The fourth-order valence-electron chi connectivity index (χ4n) is 4.48. The Labute approximate surface area is 234 Å². The summed E-state index contributed by atoms with van der Waals surface area (Å²) in [5.41, 5.74) is 4.00. The van der Waals surface area contributed by atoms with Gasteiger partial charge >= 0.3 is 6.03 Å². The maximum absolute atomic E-state index is 13.7. The van der Waals surface area contributed by atoms with Gasteiger partial charge in [0.1, 0.15) is 6.54 Å². The van der Waals surface area contributed by atoms with Crippen molar-refractivity contribution in [2.75, 3.05) is 44.9 Å². The number of nitrogens with zero attached hydrogens (tertiary/aromatic N) is 2. The van der Waals surface area contributed by atoms with Crippen molar-refractivity contribution in [3.8, 4) is 0 Å². The molecule has 0 unspecified atom stereocenters. The van der Waals surface area contributed by atoms with E-state index in [-0.39, 0.29) is 18.5 Å². The van der Waals surface area contributed by atoms with Crippen LogP contribution in [-0.2, 0) is 22.5 Å². The molecule has 4 rings (SSSR count). The first kappa shape index (κ1) is 28.3. The summed E-state index contributed by atoms with van der Waals surface area (Å²) in [6, 6.07) is 25.5. The van der Waals surface area contributed by atoms with E-state index < -0.39 is 0 Å². The molecule has 7 nitrogen and oxygen atoms in total. The van der Waals surface area contributed by atoms with Crippen molar-refractivity contribution in [3.05, 3.63) is 96.2 Å². The molecule has 0 bridgehead atoms. The lowest BCUT2D eigenvalue weighted by Crippen LogP contribution is -2.45. The molecule has 0 fully saturated rings. The van der Waals surface area contributed by atoms with Crippen molar-refractivity contribution >= 4 is 40.3 Å². The highest BCUT2D eigenvalue weighted by atomic mass is 32.2. The first-order chi connectivity index (χ1) is 19.1. The molecule has 0 spiro atoms. The summed E-state index contributed by atoms with van der Waals surface area (Å²) in [5, 5.41) is 4.12. The lowest BCUT2D eigenvalue weighted by atomic mass is 10.1. The molecule has 3 amide bonds. The first-order valence-corrected chi connectivity index (χ1v) is 14.4. The number of fused-ring (bicyclic) bond motifs is 1. The van der Waals surface area contributed by atoms with Crippen LogP contribution < -0.4 is 5.32 Å². The van der Waals surface area contributed by atoms with Crippen LogP contribution >= 0.6 is 11.8 Å². The number of hydrogen-bond donors (Lipinski definition) is 2. The van der Waals surface area contributed by atoms with Crippen LogP contribution in [-0.4, -0.2) is 66.3 Å².